The summed E-state index contributed by atoms with van der Waals surface area (Å²) in [5, 5.41) is 6.66. The maximum Gasteiger partial charge on any atom is 0.255 e. The predicted molar refractivity (Wildman–Crippen MR) is 63.5 cm³/mol. The first-order valence-electron chi connectivity index (χ1n) is 5.91. The number of nitrogens with one attached hydrogen (secondary N) is 2. The molecule has 16 heavy (non-hydrogen) atoms. The summed E-state index contributed by atoms with van der Waals surface area (Å²) >= 11 is 0. The number of fused-ring (bicyclic) bond motifs is 1. The molecule has 3 heteroatoms. The van der Waals surface area contributed by atoms with Crippen LogP contribution in [0.5, 0.6) is 0 Å². The van der Waals surface area contributed by atoms with Crippen LogP contribution in [0.15, 0.2) is 18.2 Å². The lowest BCUT2D eigenvalue weighted by Gasteiger charge is -2.38. The molecule has 0 unspecified atom stereocenters. The molecule has 0 bridgehead atoms. The average molecular weight is 216 g/mol. The highest BCUT2D eigenvalue weighted by molar-refractivity contribution is 6.02. The fraction of sp³-hybridized carbons (Fsp3) is 0.462. The number of hydrogen-bond donors (Lipinski definition) is 2. The largest absolute Gasteiger partial charge is 0.362 e. The van der Waals surface area contributed by atoms with Gasteiger partial charge in [-0.1, -0.05) is 12.1 Å². The van der Waals surface area contributed by atoms with Crippen LogP contribution in [0.2, 0.25) is 0 Å². The third-order valence-electron chi connectivity index (χ3n) is 3.69. The van der Waals surface area contributed by atoms with E-state index >= 15 is 0 Å². The minimum absolute atomic E-state index is 0.0688. The van der Waals surface area contributed by atoms with Crippen molar-refractivity contribution in [3.63, 3.8) is 0 Å². The third-order valence-corrected chi connectivity index (χ3v) is 3.69. The number of anilines is 1. The zero-order valence-electron chi connectivity index (χ0n) is 9.47. The Hall–Kier alpha value is -1.51. The van der Waals surface area contributed by atoms with Crippen molar-refractivity contribution in [2.45, 2.75) is 38.3 Å². The second-order valence-electron chi connectivity index (χ2n) is 4.87. The lowest BCUT2D eigenvalue weighted by molar-refractivity contribution is 0.0902. The highest BCUT2D eigenvalue weighted by atomic mass is 16.2. The Morgan fingerprint density at radius 2 is 1.94 bits per heavy atom. The van der Waals surface area contributed by atoms with Crippen LogP contribution >= 0.6 is 0 Å². The van der Waals surface area contributed by atoms with Crippen molar-refractivity contribution in [3.8, 4) is 0 Å². The summed E-state index contributed by atoms with van der Waals surface area (Å²) in [5.74, 6) is 0.0688. The minimum atomic E-state index is -0.170. The molecule has 1 aliphatic heterocycles. The highest BCUT2D eigenvalue weighted by Gasteiger charge is 2.39. The molecule has 1 saturated carbocycles. The molecule has 1 aromatic rings. The van der Waals surface area contributed by atoms with Gasteiger partial charge in [0, 0.05) is 0 Å². The van der Waals surface area contributed by atoms with Gasteiger partial charge >= 0.3 is 0 Å². The molecule has 1 amide bonds. The molecule has 0 radical (unpaired) electrons. The van der Waals surface area contributed by atoms with Gasteiger partial charge in [-0.3, -0.25) is 4.79 Å². The number of rotatable bonds is 0. The van der Waals surface area contributed by atoms with Crippen LogP contribution < -0.4 is 10.6 Å². The van der Waals surface area contributed by atoms with E-state index in [-0.39, 0.29) is 11.6 Å². The molecule has 1 spiro atoms. The van der Waals surface area contributed by atoms with E-state index in [1.54, 1.807) is 0 Å². The van der Waals surface area contributed by atoms with Crippen molar-refractivity contribution in [3.05, 3.63) is 29.3 Å². The van der Waals surface area contributed by atoms with Crippen LogP contribution in [0.1, 0.15) is 41.6 Å². The highest BCUT2D eigenvalue weighted by Crippen LogP contribution is 2.36. The Morgan fingerprint density at radius 1 is 1.19 bits per heavy atom. The van der Waals surface area contributed by atoms with E-state index in [2.05, 4.69) is 10.6 Å². The second-order valence-corrected chi connectivity index (χ2v) is 4.87. The van der Waals surface area contributed by atoms with E-state index in [1.807, 2.05) is 25.1 Å². The van der Waals surface area contributed by atoms with Gasteiger partial charge in [0.05, 0.1) is 11.3 Å². The van der Waals surface area contributed by atoms with Gasteiger partial charge in [-0.15, -0.1) is 0 Å². The van der Waals surface area contributed by atoms with Crippen molar-refractivity contribution in [1.29, 1.82) is 0 Å². The van der Waals surface area contributed by atoms with Crippen LogP contribution in [0.3, 0.4) is 0 Å². The maximum absolute atomic E-state index is 12.0. The number of hydrogen-bond acceptors (Lipinski definition) is 2. The molecule has 84 valence electrons. The van der Waals surface area contributed by atoms with Crippen LogP contribution in [-0.2, 0) is 0 Å². The molecule has 0 atom stereocenters. The van der Waals surface area contributed by atoms with Gasteiger partial charge in [-0.05, 0) is 44.2 Å². The zero-order valence-corrected chi connectivity index (χ0v) is 9.47. The number of carbonyl (C=O) groups excluding carboxylic acids is 1. The first-order chi connectivity index (χ1) is 7.70. The summed E-state index contributed by atoms with van der Waals surface area (Å²) in [5.41, 5.74) is 2.78. The summed E-state index contributed by atoms with van der Waals surface area (Å²) in [7, 11) is 0. The van der Waals surface area contributed by atoms with Crippen molar-refractivity contribution < 1.29 is 4.79 Å². The van der Waals surface area contributed by atoms with E-state index in [0.29, 0.717) is 0 Å². The van der Waals surface area contributed by atoms with E-state index in [9.17, 15) is 4.79 Å². The average Bonchev–Trinajstić information content (AvgIpc) is 2.68. The third kappa shape index (κ3) is 1.31. The van der Waals surface area contributed by atoms with Gasteiger partial charge < -0.3 is 10.6 Å². The quantitative estimate of drug-likeness (QED) is 0.699. The lowest BCUT2D eigenvalue weighted by atomic mass is 9.98. The summed E-state index contributed by atoms with van der Waals surface area (Å²) in [6.07, 6.45) is 4.45. The molecular weight excluding hydrogens is 200 g/mol. The number of aryl methyl sites for hydroxylation is 1. The van der Waals surface area contributed by atoms with E-state index < -0.39 is 0 Å². The Morgan fingerprint density at radius 3 is 2.69 bits per heavy atom. The Kier molecular flexibility index (Phi) is 1.96. The second kappa shape index (κ2) is 3.24. The standard InChI is InChI=1S/C13H16N2O/c1-9-5-4-6-10-11(9)14-13(15-12(10)16)7-2-3-8-13/h4-6,14H,2-3,7-8H2,1H3,(H,15,16). The zero-order chi connectivity index (χ0) is 11.2. The van der Waals surface area contributed by atoms with Gasteiger partial charge in [0.25, 0.3) is 5.91 Å². The summed E-state index contributed by atoms with van der Waals surface area (Å²) in [6.45, 7) is 2.05. The normalized spacial score (nSPS) is 21.4. The Labute approximate surface area is 95.2 Å². The first-order valence-corrected chi connectivity index (χ1v) is 5.91. The number of para-hydroxylation sites is 1. The van der Waals surface area contributed by atoms with Crippen LogP contribution in [0, 0.1) is 6.92 Å². The molecule has 1 aliphatic carbocycles. The van der Waals surface area contributed by atoms with Crippen LogP contribution in [-0.4, -0.2) is 11.6 Å². The molecule has 2 N–H and O–H groups in total. The molecule has 0 aromatic heterocycles. The maximum atomic E-state index is 12.0. The van der Waals surface area contributed by atoms with Gasteiger partial charge in [0.2, 0.25) is 0 Å². The van der Waals surface area contributed by atoms with Crippen molar-refractivity contribution in [2.24, 2.45) is 0 Å². The van der Waals surface area contributed by atoms with Crippen molar-refractivity contribution in [1.82, 2.24) is 5.32 Å². The molecule has 1 fully saturated rings. The van der Waals surface area contributed by atoms with Crippen molar-refractivity contribution in [2.75, 3.05) is 5.32 Å². The van der Waals surface area contributed by atoms with Gasteiger partial charge in [-0.2, -0.15) is 0 Å². The summed E-state index contributed by atoms with van der Waals surface area (Å²) in [4.78, 5) is 12.0. The fourth-order valence-corrected chi connectivity index (χ4v) is 2.81. The SMILES string of the molecule is Cc1cccc2c1NC1(CCCC1)NC2=O. The van der Waals surface area contributed by atoms with Crippen LogP contribution in [0.4, 0.5) is 5.69 Å². The van der Waals surface area contributed by atoms with E-state index in [0.717, 1.165) is 29.7 Å². The smallest absolute Gasteiger partial charge is 0.255 e. The number of benzene rings is 1. The van der Waals surface area contributed by atoms with Crippen molar-refractivity contribution >= 4 is 11.6 Å². The van der Waals surface area contributed by atoms with E-state index in [4.69, 9.17) is 0 Å². The predicted octanol–water partition coefficient (Wildman–Crippen LogP) is 2.42. The molecule has 1 aromatic carbocycles. The van der Waals surface area contributed by atoms with Gasteiger partial charge in [0.15, 0.2) is 0 Å². The number of carbonyl (C=O) groups is 1. The summed E-state index contributed by atoms with van der Waals surface area (Å²) < 4.78 is 0. The summed E-state index contributed by atoms with van der Waals surface area (Å²) in [6, 6.07) is 5.86. The topological polar surface area (TPSA) is 41.1 Å². The minimum Gasteiger partial charge on any atom is -0.362 e. The molecular formula is C13H16N2O. The lowest BCUT2D eigenvalue weighted by Crippen LogP contribution is -2.55. The fourth-order valence-electron chi connectivity index (χ4n) is 2.81. The molecule has 0 saturated heterocycles. The first kappa shape index (κ1) is 9.70. The Balaban J connectivity index is 2.07. The molecule has 3 rings (SSSR count). The molecule has 2 aliphatic rings. The number of amides is 1. The van der Waals surface area contributed by atoms with Gasteiger partial charge in [0.1, 0.15) is 5.66 Å². The van der Waals surface area contributed by atoms with Gasteiger partial charge in [-0.25, -0.2) is 0 Å². The monoisotopic (exact) mass is 216 g/mol. The Bertz CT molecular complexity index is 447. The molecule has 3 nitrogen and oxygen atoms in total. The van der Waals surface area contributed by atoms with Crippen LogP contribution in [0.25, 0.3) is 0 Å². The van der Waals surface area contributed by atoms with E-state index in [1.165, 1.54) is 12.8 Å². The molecule has 1 heterocycles.